The van der Waals surface area contributed by atoms with Gasteiger partial charge in [-0.15, -0.1) is 0 Å². The number of methoxy groups -OCH3 is 1. The van der Waals surface area contributed by atoms with E-state index in [2.05, 4.69) is 15.5 Å². The highest BCUT2D eigenvalue weighted by molar-refractivity contribution is 5.56. The molecule has 0 saturated heterocycles. The van der Waals surface area contributed by atoms with Gasteiger partial charge in [0.1, 0.15) is 0 Å². The van der Waals surface area contributed by atoms with Crippen molar-refractivity contribution in [2.24, 2.45) is 0 Å². The number of hydrogen-bond donors (Lipinski definition) is 0. The first-order valence-electron chi connectivity index (χ1n) is 7.14. The summed E-state index contributed by atoms with van der Waals surface area (Å²) >= 11 is 0. The average Bonchev–Trinajstić information content (AvgIpc) is 3.05. The molecule has 1 heterocycles. The van der Waals surface area contributed by atoms with Gasteiger partial charge in [0.25, 0.3) is 0 Å². The number of aromatic nitrogens is 4. The lowest BCUT2D eigenvalue weighted by Crippen LogP contribution is -2.01. The van der Waals surface area contributed by atoms with E-state index < -0.39 is 0 Å². The average molecular weight is 308 g/mol. The molecule has 3 aromatic rings. The molecule has 0 amide bonds. The van der Waals surface area contributed by atoms with Gasteiger partial charge in [0, 0.05) is 0 Å². The van der Waals surface area contributed by atoms with Crippen molar-refractivity contribution < 1.29 is 9.47 Å². The van der Waals surface area contributed by atoms with Crippen molar-refractivity contribution >= 4 is 6.08 Å². The Labute approximate surface area is 134 Å². The van der Waals surface area contributed by atoms with Crippen LogP contribution in [-0.2, 0) is 0 Å². The minimum Gasteiger partial charge on any atom is -0.493 e. The maximum Gasteiger partial charge on any atom is 0.346 e. The standard InChI is InChI=1S/C17H16N4O2/c1-3-7-13-10-11-15(16(12-13)22-2)23-17-18-19-20-21(17)14-8-5-4-6-9-14/h3-12H,1-2H3. The van der Waals surface area contributed by atoms with Crippen LogP contribution in [0, 0.1) is 0 Å². The predicted octanol–water partition coefficient (Wildman–Crippen LogP) is 3.50. The molecule has 116 valence electrons. The number of para-hydroxylation sites is 1. The van der Waals surface area contributed by atoms with Crippen molar-refractivity contribution in [3.63, 3.8) is 0 Å². The topological polar surface area (TPSA) is 62.1 Å². The Balaban J connectivity index is 1.93. The molecule has 0 bridgehead atoms. The van der Waals surface area contributed by atoms with Crippen LogP contribution in [0.5, 0.6) is 17.5 Å². The van der Waals surface area contributed by atoms with Crippen LogP contribution in [0.3, 0.4) is 0 Å². The molecular formula is C17H16N4O2. The van der Waals surface area contributed by atoms with Crippen LogP contribution in [0.25, 0.3) is 11.8 Å². The first-order valence-corrected chi connectivity index (χ1v) is 7.14. The van der Waals surface area contributed by atoms with Crippen LogP contribution in [0.4, 0.5) is 0 Å². The Hall–Kier alpha value is -3.15. The third-order valence-corrected chi connectivity index (χ3v) is 3.19. The minimum absolute atomic E-state index is 0.272. The van der Waals surface area contributed by atoms with Crippen LogP contribution in [0.2, 0.25) is 0 Å². The molecule has 0 saturated carbocycles. The monoisotopic (exact) mass is 308 g/mol. The van der Waals surface area contributed by atoms with Gasteiger partial charge < -0.3 is 9.47 Å². The zero-order chi connectivity index (χ0) is 16.1. The second-order valence-electron chi connectivity index (χ2n) is 4.72. The first-order chi connectivity index (χ1) is 11.3. The Morgan fingerprint density at radius 3 is 2.61 bits per heavy atom. The van der Waals surface area contributed by atoms with Gasteiger partial charge in [-0.2, -0.15) is 4.68 Å². The summed E-state index contributed by atoms with van der Waals surface area (Å²) in [4.78, 5) is 0. The lowest BCUT2D eigenvalue weighted by Gasteiger charge is -2.10. The second kappa shape index (κ2) is 6.74. The summed E-state index contributed by atoms with van der Waals surface area (Å²) in [6.07, 6.45) is 3.95. The number of hydrogen-bond acceptors (Lipinski definition) is 5. The fourth-order valence-corrected chi connectivity index (χ4v) is 2.14. The molecule has 0 spiro atoms. The van der Waals surface area contributed by atoms with Gasteiger partial charge in [-0.1, -0.05) is 41.5 Å². The number of rotatable bonds is 5. The summed E-state index contributed by atoms with van der Waals surface area (Å²) in [6.45, 7) is 1.96. The smallest absolute Gasteiger partial charge is 0.346 e. The van der Waals surface area contributed by atoms with Gasteiger partial charge >= 0.3 is 6.01 Å². The molecular weight excluding hydrogens is 292 g/mol. The molecule has 3 rings (SSSR count). The molecule has 0 unspecified atom stereocenters. The molecule has 0 aliphatic rings. The summed E-state index contributed by atoms with van der Waals surface area (Å²) in [5.74, 6) is 1.16. The van der Waals surface area contributed by atoms with Crippen molar-refractivity contribution in [3.05, 3.63) is 60.2 Å². The third kappa shape index (κ3) is 3.21. The Bertz CT molecular complexity index is 812. The van der Waals surface area contributed by atoms with Crippen molar-refractivity contribution in [3.8, 4) is 23.2 Å². The fraction of sp³-hybridized carbons (Fsp3) is 0.118. The number of benzene rings is 2. The van der Waals surface area contributed by atoms with Crippen molar-refractivity contribution in [2.75, 3.05) is 7.11 Å². The van der Waals surface area contributed by atoms with Crippen molar-refractivity contribution in [2.45, 2.75) is 6.92 Å². The van der Waals surface area contributed by atoms with Crippen LogP contribution in [-0.4, -0.2) is 27.3 Å². The van der Waals surface area contributed by atoms with Gasteiger partial charge in [0.15, 0.2) is 11.5 Å². The first kappa shape index (κ1) is 14.8. The molecule has 0 fully saturated rings. The van der Waals surface area contributed by atoms with E-state index in [0.717, 1.165) is 11.3 Å². The van der Waals surface area contributed by atoms with E-state index in [4.69, 9.17) is 9.47 Å². The Kier molecular flexibility index (Phi) is 4.33. The lowest BCUT2D eigenvalue weighted by atomic mass is 10.2. The van der Waals surface area contributed by atoms with Gasteiger partial charge in [-0.25, -0.2) is 0 Å². The van der Waals surface area contributed by atoms with Crippen LogP contribution >= 0.6 is 0 Å². The summed E-state index contributed by atoms with van der Waals surface area (Å²) in [7, 11) is 1.60. The van der Waals surface area contributed by atoms with E-state index in [1.807, 2.05) is 67.6 Å². The summed E-state index contributed by atoms with van der Waals surface area (Å²) in [5, 5.41) is 11.6. The highest BCUT2D eigenvalue weighted by Crippen LogP contribution is 2.32. The van der Waals surface area contributed by atoms with Crippen LogP contribution in [0.1, 0.15) is 12.5 Å². The predicted molar refractivity (Wildman–Crippen MR) is 86.9 cm³/mol. The van der Waals surface area contributed by atoms with Crippen LogP contribution < -0.4 is 9.47 Å². The number of allylic oxidation sites excluding steroid dienone is 1. The van der Waals surface area contributed by atoms with Gasteiger partial charge in [0.05, 0.1) is 12.8 Å². The van der Waals surface area contributed by atoms with Crippen LogP contribution in [0.15, 0.2) is 54.6 Å². The molecule has 0 atom stereocenters. The maximum absolute atomic E-state index is 5.84. The third-order valence-electron chi connectivity index (χ3n) is 3.19. The Morgan fingerprint density at radius 1 is 1.04 bits per heavy atom. The van der Waals surface area contributed by atoms with E-state index in [1.165, 1.54) is 4.68 Å². The summed E-state index contributed by atoms with van der Waals surface area (Å²) in [6, 6.07) is 15.5. The van der Waals surface area contributed by atoms with Crippen molar-refractivity contribution in [1.82, 2.24) is 20.2 Å². The van der Waals surface area contributed by atoms with Gasteiger partial charge in [-0.3, -0.25) is 0 Å². The summed E-state index contributed by atoms with van der Waals surface area (Å²) in [5.41, 5.74) is 1.84. The molecule has 6 heteroatoms. The zero-order valence-electron chi connectivity index (χ0n) is 12.9. The largest absolute Gasteiger partial charge is 0.493 e. The highest BCUT2D eigenvalue weighted by Gasteiger charge is 2.13. The molecule has 0 aliphatic carbocycles. The Morgan fingerprint density at radius 2 is 1.87 bits per heavy atom. The van der Waals surface area contributed by atoms with E-state index in [9.17, 15) is 0 Å². The lowest BCUT2D eigenvalue weighted by molar-refractivity contribution is 0.363. The molecule has 1 aromatic heterocycles. The number of tetrazole rings is 1. The van der Waals surface area contributed by atoms with Gasteiger partial charge in [-0.05, 0) is 47.2 Å². The molecule has 6 nitrogen and oxygen atoms in total. The summed E-state index contributed by atoms with van der Waals surface area (Å²) < 4.78 is 12.8. The zero-order valence-corrected chi connectivity index (χ0v) is 12.9. The van der Waals surface area contributed by atoms with E-state index >= 15 is 0 Å². The quantitative estimate of drug-likeness (QED) is 0.722. The number of nitrogens with zero attached hydrogens (tertiary/aromatic N) is 4. The number of ether oxygens (including phenoxy) is 2. The molecule has 0 radical (unpaired) electrons. The molecule has 0 N–H and O–H groups in total. The molecule has 23 heavy (non-hydrogen) atoms. The molecule has 0 aliphatic heterocycles. The minimum atomic E-state index is 0.272. The van der Waals surface area contributed by atoms with E-state index in [-0.39, 0.29) is 6.01 Å². The SMILES string of the molecule is CC=Cc1ccc(Oc2nnnn2-c2ccccc2)c(OC)c1. The van der Waals surface area contributed by atoms with Crippen molar-refractivity contribution in [1.29, 1.82) is 0 Å². The second-order valence-corrected chi connectivity index (χ2v) is 4.72. The van der Waals surface area contributed by atoms with Gasteiger partial charge in [0.2, 0.25) is 0 Å². The normalized spacial score (nSPS) is 10.9. The van der Waals surface area contributed by atoms with E-state index in [0.29, 0.717) is 11.5 Å². The molecule has 2 aromatic carbocycles. The highest BCUT2D eigenvalue weighted by atomic mass is 16.5. The fourth-order valence-electron chi connectivity index (χ4n) is 2.14. The van der Waals surface area contributed by atoms with E-state index in [1.54, 1.807) is 7.11 Å². The maximum atomic E-state index is 5.84.